The Morgan fingerprint density at radius 1 is 1.04 bits per heavy atom. The fourth-order valence-electron chi connectivity index (χ4n) is 2.78. The topological polar surface area (TPSA) is 38.1 Å². The molecular weight excluding hydrogens is 284 g/mol. The first-order valence-corrected chi connectivity index (χ1v) is 8.14. The maximum absolute atomic E-state index is 10.7. The first-order valence-electron chi connectivity index (χ1n) is 8.14. The summed E-state index contributed by atoms with van der Waals surface area (Å²) in [7, 11) is 0. The molecule has 0 aliphatic heterocycles. The van der Waals surface area contributed by atoms with Gasteiger partial charge in [-0.25, -0.2) is 4.68 Å². The summed E-state index contributed by atoms with van der Waals surface area (Å²) in [5.74, 6) is 0.297. The van der Waals surface area contributed by atoms with Crippen LogP contribution in [0.3, 0.4) is 0 Å². The van der Waals surface area contributed by atoms with Gasteiger partial charge in [0.15, 0.2) is 5.75 Å². The van der Waals surface area contributed by atoms with E-state index in [4.69, 9.17) is 5.10 Å². The van der Waals surface area contributed by atoms with Crippen LogP contribution in [0.5, 0.6) is 5.75 Å². The minimum atomic E-state index is 0.297. The lowest BCUT2D eigenvalue weighted by Crippen LogP contribution is -2.02. The monoisotopic (exact) mass is 306 g/mol. The summed E-state index contributed by atoms with van der Waals surface area (Å²) >= 11 is 0. The van der Waals surface area contributed by atoms with Crippen molar-refractivity contribution in [2.24, 2.45) is 0 Å². The van der Waals surface area contributed by atoms with Crippen LogP contribution in [0.1, 0.15) is 31.0 Å². The second-order valence-electron chi connectivity index (χ2n) is 5.86. The summed E-state index contributed by atoms with van der Waals surface area (Å²) in [6, 6.07) is 18.1. The van der Waals surface area contributed by atoms with Gasteiger partial charge in [0.1, 0.15) is 5.69 Å². The van der Waals surface area contributed by atoms with Crippen LogP contribution >= 0.6 is 0 Å². The van der Waals surface area contributed by atoms with Gasteiger partial charge in [0, 0.05) is 5.56 Å². The molecule has 0 saturated carbocycles. The van der Waals surface area contributed by atoms with E-state index in [2.05, 4.69) is 26.0 Å². The smallest absolute Gasteiger partial charge is 0.165 e. The molecule has 0 aliphatic carbocycles. The number of nitrogens with zero attached hydrogens (tertiary/aromatic N) is 2. The molecule has 1 heterocycles. The molecule has 1 aromatic heterocycles. The lowest BCUT2D eigenvalue weighted by Gasteiger charge is -2.08. The average molecular weight is 306 g/mol. The first kappa shape index (κ1) is 15.3. The Morgan fingerprint density at radius 3 is 2.52 bits per heavy atom. The van der Waals surface area contributed by atoms with E-state index in [-0.39, 0.29) is 0 Å². The molecule has 23 heavy (non-hydrogen) atoms. The predicted octanol–water partition coefficient (Wildman–Crippen LogP) is 4.90. The highest BCUT2D eigenvalue weighted by Crippen LogP contribution is 2.34. The zero-order chi connectivity index (χ0) is 16.2. The maximum Gasteiger partial charge on any atom is 0.165 e. The summed E-state index contributed by atoms with van der Waals surface area (Å²) in [5.41, 5.74) is 4.65. The van der Waals surface area contributed by atoms with Gasteiger partial charge in [0.05, 0.1) is 11.4 Å². The predicted molar refractivity (Wildman–Crippen MR) is 94.0 cm³/mol. The number of rotatable bonds is 5. The molecule has 0 atom stereocenters. The number of hydrogen-bond donors (Lipinski definition) is 1. The molecule has 0 fully saturated rings. The van der Waals surface area contributed by atoms with Gasteiger partial charge < -0.3 is 5.11 Å². The molecule has 3 aromatic rings. The molecule has 118 valence electrons. The third kappa shape index (κ3) is 3.14. The lowest BCUT2D eigenvalue weighted by atomic mass is 10.1. The molecule has 0 unspecified atom stereocenters. The zero-order valence-corrected chi connectivity index (χ0v) is 13.7. The number of aryl methyl sites for hydroxylation is 1. The average Bonchev–Trinajstić information content (AvgIpc) is 2.90. The van der Waals surface area contributed by atoms with Crippen LogP contribution < -0.4 is 0 Å². The van der Waals surface area contributed by atoms with E-state index >= 15 is 0 Å². The number of unbranched alkanes of at least 4 members (excludes halogenated alkanes) is 1. The van der Waals surface area contributed by atoms with Crippen molar-refractivity contribution in [3.63, 3.8) is 0 Å². The minimum Gasteiger partial charge on any atom is -0.504 e. The number of hydrogen-bond acceptors (Lipinski definition) is 2. The summed E-state index contributed by atoms with van der Waals surface area (Å²) in [6.07, 6.45) is 2.93. The molecule has 1 N–H and O–H groups in total. The highest BCUT2D eigenvalue weighted by Gasteiger charge is 2.19. The number of benzene rings is 2. The Labute approximate surface area is 137 Å². The summed E-state index contributed by atoms with van der Waals surface area (Å²) in [4.78, 5) is 0. The normalized spacial score (nSPS) is 10.9. The van der Waals surface area contributed by atoms with Crippen molar-refractivity contribution in [1.29, 1.82) is 0 Å². The van der Waals surface area contributed by atoms with Crippen LogP contribution in [-0.4, -0.2) is 14.9 Å². The molecule has 0 radical (unpaired) electrons. The van der Waals surface area contributed by atoms with Crippen molar-refractivity contribution in [3.8, 4) is 22.7 Å². The Hall–Kier alpha value is -2.55. The molecule has 0 aliphatic rings. The molecular formula is C20H22N2O. The molecule has 0 saturated heterocycles. The largest absolute Gasteiger partial charge is 0.504 e. The van der Waals surface area contributed by atoms with Crippen molar-refractivity contribution in [2.45, 2.75) is 33.1 Å². The van der Waals surface area contributed by atoms with E-state index in [9.17, 15) is 5.11 Å². The van der Waals surface area contributed by atoms with Crippen LogP contribution in [0.15, 0.2) is 54.6 Å². The fraction of sp³-hybridized carbons (Fsp3) is 0.250. The summed E-state index contributed by atoms with van der Waals surface area (Å²) in [5, 5.41) is 15.4. The third-order valence-electron chi connectivity index (χ3n) is 4.01. The van der Waals surface area contributed by atoms with E-state index in [1.165, 1.54) is 5.56 Å². The van der Waals surface area contributed by atoms with Crippen LogP contribution in [-0.2, 0) is 6.42 Å². The summed E-state index contributed by atoms with van der Waals surface area (Å²) < 4.78 is 1.89. The van der Waals surface area contributed by atoms with E-state index < -0.39 is 0 Å². The molecule has 0 amide bonds. The van der Waals surface area contributed by atoms with Crippen LogP contribution in [0.2, 0.25) is 0 Å². The van der Waals surface area contributed by atoms with Gasteiger partial charge in [0.25, 0.3) is 0 Å². The Balaban J connectivity index is 2.14. The Kier molecular flexibility index (Phi) is 4.47. The zero-order valence-electron chi connectivity index (χ0n) is 13.7. The second-order valence-corrected chi connectivity index (χ2v) is 5.86. The van der Waals surface area contributed by atoms with Gasteiger partial charge >= 0.3 is 0 Å². The van der Waals surface area contributed by atoms with Crippen LogP contribution in [0.25, 0.3) is 16.9 Å². The first-order chi connectivity index (χ1) is 11.2. The molecule has 2 aromatic carbocycles. The highest BCUT2D eigenvalue weighted by atomic mass is 16.3. The SMILES string of the molecule is CCCCc1c(O)c(-c2ccccc2)nn1-c1cccc(C)c1. The molecule has 3 rings (SSSR count). The van der Waals surface area contributed by atoms with Crippen molar-refractivity contribution in [1.82, 2.24) is 9.78 Å². The molecule has 0 spiro atoms. The van der Waals surface area contributed by atoms with Crippen molar-refractivity contribution in [2.75, 3.05) is 0 Å². The van der Waals surface area contributed by atoms with E-state index in [1.54, 1.807) is 0 Å². The van der Waals surface area contributed by atoms with Crippen LogP contribution in [0, 0.1) is 6.92 Å². The van der Waals surface area contributed by atoms with Gasteiger partial charge in [-0.2, -0.15) is 5.10 Å². The second kappa shape index (κ2) is 6.69. The third-order valence-corrected chi connectivity index (χ3v) is 4.01. The fourth-order valence-corrected chi connectivity index (χ4v) is 2.78. The summed E-state index contributed by atoms with van der Waals surface area (Å²) in [6.45, 7) is 4.22. The molecule has 3 heteroatoms. The molecule has 0 bridgehead atoms. The van der Waals surface area contributed by atoms with Gasteiger partial charge in [0.2, 0.25) is 0 Å². The van der Waals surface area contributed by atoms with Crippen molar-refractivity contribution >= 4 is 0 Å². The quantitative estimate of drug-likeness (QED) is 0.728. The van der Waals surface area contributed by atoms with E-state index in [0.29, 0.717) is 11.4 Å². The lowest BCUT2D eigenvalue weighted by molar-refractivity contribution is 0.467. The van der Waals surface area contributed by atoms with Crippen molar-refractivity contribution in [3.05, 3.63) is 65.9 Å². The maximum atomic E-state index is 10.7. The standard InChI is InChI=1S/C20H22N2O/c1-3-4-13-18-20(23)19(16-10-6-5-7-11-16)21-22(18)17-12-8-9-15(2)14-17/h5-12,14,23H,3-4,13H2,1-2H3. The Bertz CT molecular complexity index is 791. The van der Waals surface area contributed by atoms with Gasteiger partial charge in [-0.1, -0.05) is 55.8 Å². The highest BCUT2D eigenvalue weighted by molar-refractivity contribution is 5.68. The van der Waals surface area contributed by atoms with E-state index in [0.717, 1.165) is 36.2 Å². The van der Waals surface area contributed by atoms with Crippen molar-refractivity contribution < 1.29 is 5.11 Å². The van der Waals surface area contributed by atoms with Crippen LogP contribution in [0.4, 0.5) is 0 Å². The minimum absolute atomic E-state index is 0.297. The number of aromatic nitrogens is 2. The molecule has 3 nitrogen and oxygen atoms in total. The van der Waals surface area contributed by atoms with E-state index in [1.807, 2.05) is 47.1 Å². The number of aromatic hydroxyl groups is 1. The van der Waals surface area contributed by atoms with Gasteiger partial charge in [-0.05, 0) is 37.5 Å². The van der Waals surface area contributed by atoms with Gasteiger partial charge in [-0.3, -0.25) is 0 Å². The van der Waals surface area contributed by atoms with Gasteiger partial charge in [-0.15, -0.1) is 0 Å². The Morgan fingerprint density at radius 2 is 1.83 bits per heavy atom.